The van der Waals surface area contributed by atoms with Crippen molar-refractivity contribution in [2.45, 2.75) is 13.5 Å². The molecule has 3 aromatic carbocycles. The molecule has 0 aliphatic heterocycles. The van der Waals surface area contributed by atoms with Gasteiger partial charge < -0.3 is 10.0 Å². The van der Waals surface area contributed by atoms with Crippen molar-refractivity contribution in [2.75, 3.05) is 0 Å². The molecule has 30 heavy (non-hydrogen) atoms. The van der Waals surface area contributed by atoms with Gasteiger partial charge in [0.2, 0.25) is 5.52 Å². The summed E-state index contributed by atoms with van der Waals surface area (Å²) in [6.45, 7) is 2.05. The molecule has 8 heteroatoms. The predicted octanol–water partition coefficient (Wildman–Crippen LogP) is 3.15. The molecule has 0 saturated heterocycles. The Labute approximate surface area is 170 Å². The Hall–Kier alpha value is -4.20. The van der Waals surface area contributed by atoms with Crippen LogP contribution in [0.5, 0.6) is 0 Å². The first-order valence-electron chi connectivity index (χ1n) is 9.17. The fourth-order valence-electron chi connectivity index (χ4n) is 3.26. The van der Waals surface area contributed by atoms with E-state index in [0.29, 0.717) is 10.2 Å². The summed E-state index contributed by atoms with van der Waals surface area (Å²) in [7, 11) is 0. The Kier molecular flexibility index (Phi) is 4.89. The molecule has 0 atom stereocenters. The maximum absolute atomic E-state index is 13.2. The standard InChI is InChI=1S/C22H17N3O5/c1-15-7-2-3-8-17(15)14-30-24-20-12-5-4-11-19(20)23(27)21(22(24)26)16-9-6-10-18(13-16)25(28)29/h2-13H,14H2,1H3. The lowest BCUT2D eigenvalue weighted by molar-refractivity contribution is -0.566. The summed E-state index contributed by atoms with van der Waals surface area (Å²) in [4.78, 5) is 29.6. The number of nitro groups is 1. The third-order valence-corrected chi connectivity index (χ3v) is 4.85. The molecule has 1 heterocycles. The van der Waals surface area contributed by atoms with Crippen LogP contribution in [-0.2, 0) is 6.61 Å². The van der Waals surface area contributed by atoms with Gasteiger partial charge in [-0.25, -0.2) is 0 Å². The van der Waals surface area contributed by atoms with Gasteiger partial charge in [0.1, 0.15) is 6.61 Å². The van der Waals surface area contributed by atoms with Crippen molar-refractivity contribution in [1.82, 2.24) is 4.73 Å². The molecule has 0 saturated carbocycles. The first-order valence-corrected chi connectivity index (χ1v) is 9.17. The smallest absolute Gasteiger partial charge is 0.357 e. The molecule has 150 valence electrons. The SMILES string of the molecule is Cc1ccccc1COn1c(=O)c(-c2cccc([N+](=O)[O-])c2)[n+]([O-])c2ccccc21. The molecule has 4 aromatic rings. The van der Waals surface area contributed by atoms with Crippen LogP contribution in [0.4, 0.5) is 5.69 Å². The molecule has 1 aromatic heterocycles. The van der Waals surface area contributed by atoms with Crippen molar-refractivity contribution >= 4 is 16.7 Å². The molecule has 0 spiro atoms. The first-order chi connectivity index (χ1) is 14.5. The largest absolute Gasteiger partial charge is 0.618 e. The van der Waals surface area contributed by atoms with E-state index in [2.05, 4.69) is 0 Å². The quantitative estimate of drug-likeness (QED) is 0.220. The van der Waals surface area contributed by atoms with E-state index in [1.165, 1.54) is 24.3 Å². The average Bonchev–Trinajstić information content (AvgIpc) is 2.75. The van der Waals surface area contributed by atoms with E-state index < -0.39 is 10.5 Å². The molecule has 4 rings (SSSR count). The van der Waals surface area contributed by atoms with Crippen LogP contribution in [0.2, 0.25) is 0 Å². The molecular weight excluding hydrogens is 386 g/mol. The zero-order valence-electron chi connectivity index (χ0n) is 16.0. The number of nitro benzene ring substituents is 1. The lowest BCUT2D eigenvalue weighted by Crippen LogP contribution is -2.42. The predicted molar refractivity (Wildman–Crippen MR) is 111 cm³/mol. The minimum absolute atomic E-state index is 0.119. The van der Waals surface area contributed by atoms with E-state index in [1.54, 1.807) is 24.3 Å². The minimum atomic E-state index is -0.696. The minimum Gasteiger partial charge on any atom is -0.618 e. The Morgan fingerprint density at radius 1 is 1.03 bits per heavy atom. The molecule has 0 aliphatic rings. The Balaban J connectivity index is 1.90. The number of hydrogen-bond donors (Lipinski definition) is 0. The van der Waals surface area contributed by atoms with Crippen LogP contribution in [0.25, 0.3) is 22.3 Å². The summed E-state index contributed by atoms with van der Waals surface area (Å²) >= 11 is 0. The second-order valence-electron chi connectivity index (χ2n) is 6.74. The maximum Gasteiger partial charge on any atom is 0.357 e. The van der Waals surface area contributed by atoms with Crippen molar-refractivity contribution in [3.05, 3.63) is 110 Å². The van der Waals surface area contributed by atoms with E-state index in [9.17, 15) is 20.1 Å². The molecule has 0 aliphatic carbocycles. The number of rotatable bonds is 5. The summed E-state index contributed by atoms with van der Waals surface area (Å²) in [5.41, 5.74) is 1.40. The maximum atomic E-state index is 13.2. The van der Waals surface area contributed by atoms with Gasteiger partial charge in [-0.3, -0.25) is 14.9 Å². The number of aromatic nitrogens is 2. The molecule has 0 amide bonds. The van der Waals surface area contributed by atoms with Gasteiger partial charge in [0, 0.05) is 18.2 Å². The highest BCUT2D eigenvalue weighted by molar-refractivity contribution is 5.73. The zero-order chi connectivity index (χ0) is 21.3. The van der Waals surface area contributed by atoms with Crippen LogP contribution in [-0.4, -0.2) is 9.65 Å². The van der Waals surface area contributed by atoms with E-state index in [0.717, 1.165) is 15.9 Å². The van der Waals surface area contributed by atoms with Gasteiger partial charge in [-0.05, 0) is 30.2 Å². The Morgan fingerprint density at radius 3 is 2.53 bits per heavy atom. The summed E-state index contributed by atoms with van der Waals surface area (Å²) in [5, 5.41) is 24.1. The average molecular weight is 403 g/mol. The third-order valence-electron chi connectivity index (χ3n) is 4.85. The number of hydrogen-bond acceptors (Lipinski definition) is 5. The number of aryl methyl sites for hydroxylation is 1. The van der Waals surface area contributed by atoms with E-state index in [4.69, 9.17) is 4.84 Å². The van der Waals surface area contributed by atoms with E-state index >= 15 is 0 Å². The fourth-order valence-corrected chi connectivity index (χ4v) is 3.26. The summed E-state index contributed by atoms with van der Waals surface area (Å²) < 4.78 is 1.56. The van der Waals surface area contributed by atoms with Crippen molar-refractivity contribution in [3.8, 4) is 11.3 Å². The van der Waals surface area contributed by atoms with Crippen LogP contribution in [0.15, 0.2) is 77.6 Å². The topological polar surface area (TPSA) is 101 Å². The van der Waals surface area contributed by atoms with Gasteiger partial charge in [-0.2, -0.15) is 4.73 Å². The Morgan fingerprint density at radius 2 is 1.77 bits per heavy atom. The first kappa shape index (κ1) is 19.1. The van der Waals surface area contributed by atoms with Crippen molar-refractivity contribution in [3.63, 3.8) is 0 Å². The fraction of sp³-hybridized carbons (Fsp3) is 0.0909. The summed E-state index contributed by atoms with van der Waals surface area (Å²) in [6.07, 6.45) is 0. The number of fused-ring (bicyclic) bond motifs is 1. The second-order valence-corrected chi connectivity index (χ2v) is 6.74. The lowest BCUT2D eigenvalue weighted by atomic mass is 10.1. The van der Waals surface area contributed by atoms with Crippen molar-refractivity contribution in [2.24, 2.45) is 0 Å². The molecule has 0 unspecified atom stereocenters. The van der Waals surface area contributed by atoms with Crippen molar-refractivity contribution in [1.29, 1.82) is 0 Å². The number of non-ortho nitro benzene ring substituents is 1. The van der Waals surface area contributed by atoms with E-state index in [1.807, 2.05) is 31.2 Å². The van der Waals surface area contributed by atoms with Crippen LogP contribution in [0, 0.1) is 22.2 Å². The third kappa shape index (κ3) is 3.35. The van der Waals surface area contributed by atoms with Gasteiger partial charge in [-0.1, -0.05) is 42.5 Å². The zero-order valence-corrected chi connectivity index (χ0v) is 16.0. The van der Waals surface area contributed by atoms with Gasteiger partial charge in [0.05, 0.1) is 10.5 Å². The number of benzene rings is 3. The number of nitrogens with zero attached hydrogens (tertiary/aromatic N) is 3. The second kappa shape index (κ2) is 7.67. The molecule has 0 bridgehead atoms. The molecular formula is C22H17N3O5. The van der Waals surface area contributed by atoms with Crippen LogP contribution in [0.3, 0.4) is 0 Å². The van der Waals surface area contributed by atoms with E-state index in [-0.39, 0.29) is 29.1 Å². The highest BCUT2D eigenvalue weighted by atomic mass is 16.7. The highest BCUT2D eigenvalue weighted by Gasteiger charge is 2.24. The summed E-state index contributed by atoms with van der Waals surface area (Å²) in [6, 6.07) is 19.6. The van der Waals surface area contributed by atoms with Gasteiger partial charge >= 0.3 is 5.56 Å². The van der Waals surface area contributed by atoms with Crippen molar-refractivity contribution < 1.29 is 14.5 Å². The van der Waals surface area contributed by atoms with Gasteiger partial charge in [0.15, 0.2) is 5.52 Å². The normalized spacial score (nSPS) is 10.8. The Bertz CT molecular complexity index is 1330. The summed E-state index contributed by atoms with van der Waals surface area (Å²) in [5.74, 6) is 0. The van der Waals surface area contributed by atoms with Crippen LogP contribution >= 0.6 is 0 Å². The molecule has 0 radical (unpaired) electrons. The number of para-hydroxylation sites is 2. The van der Waals surface area contributed by atoms with Crippen LogP contribution in [0.1, 0.15) is 11.1 Å². The molecule has 0 fully saturated rings. The highest BCUT2D eigenvalue weighted by Crippen LogP contribution is 2.21. The molecule has 0 N–H and O–H groups in total. The lowest BCUT2D eigenvalue weighted by Gasteiger charge is -2.15. The van der Waals surface area contributed by atoms with Gasteiger partial charge in [-0.15, -0.1) is 4.73 Å². The van der Waals surface area contributed by atoms with Gasteiger partial charge in [0.25, 0.3) is 11.4 Å². The monoisotopic (exact) mass is 403 g/mol. The molecule has 8 nitrogen and oxygen atoms in total. The van der Waals surface area contributed by atoms with Crippen LogP contribution < -0.4 is 15.1 Å².